The van der Waals surface area contributed by atoms with Crippen molar-refractivity contribution in [2.24, 2.45) is 0 Å². The molecule has 31 heavy (non-hydrogen) atoms. The lowest BCUT2D eigenvalue weighted by Gasteiger charge is -2.22. The molecule has 9 heteroatoms. The zero-order valence-electron chi connectivity index (χ0n) is 17.2. The second-order valence-electron chi connectivity index (χ2n) is 8.06. The summed E-state index contributed by atoms with van der Waals surface area (Å²) in [5.41, 5.74) is 0.444. The van der Waals surface area contributed by atoms with Crippen molar-refractivity contribution in [1.82, 2.24) is 25.1 Å². The van der Waals surface area contributed by atoms with Crippen LogP contribution in [0.5, 0.6) is 5.75 Å². The molecule has 1 aliphatic rings. The lowest BCUT2D eigenvalue weighted by atomic mass is 9.99. The Morgan fingerprint density at radius 2 is 1.97 bits per heavy atom. The summed E-state index contributed by atoms with van der Waals surface area (Å²) < 4.78 is 18.8. The third-order valence-electron chi connectivity index (χ3n) is 5.34. The second-order valence-corrected chi connectivity index (χ2v) is 8.06. The first-order chi connectivity index (χ1) is 14.9. The topological polar surface area (TPSA) is 93.4 Å². The first-order valence-electron chi connectivity index (χ1n) is 10.1. The molecule has 162 valence electrons. The van der Waals surface area contributed by atoms with Crippen LogP contribution < -0.4 is 4.74 Å². The van der Waals surface area contributed by atoms with Gasteiger partial charge in [-0.25, -0.2) is 4.39 Å². The number of likely N-dealkylation sites (tertiary alicyclic amines) is 1. The Balaban J connectivity index is 1.31. The largest absolute Gasteiger partial charge is 0.491 e. The summed E-state index contributed by atoms with van der Waals surface area (Å²) in [6, 6.07) is 13.3. The molecule has 8 nitrogen and oxygen atoms in total. The van der Waals surface area contributed by atoms with Crippen LogP contribution in [0.1, 0.15) is 35.2 Å². The molecule has 4 rings (SSSR count). The Kier molecular flexibility index (Phi) is 5.94. The molecular weight excluding hydrogens is 401 g/mol. The van der Waals surface area contributed by atoms with Gasteiger partial charge in [-0.15, -0.1) is 10.2 Å². The van der Waals surface area contributed by atoms with E-state index in [0.717, 1.165) is 12.0 Å². The quantitative estimate of drug-likeness (QED) is 0.624. The van der Waals surface area contributed by atoms with E-state index in [9.17, 15) is 14.3 Å². The molecule has 0 radical (unpaired) electrons. The number of ether oxygens (including phenoxy) is 1. The number of tetrazole rings is 1. The number of hydrogen-bond donors (Lipinski definition) is 1. The molecule has 2 heterocycles. The molecule has 1 aromatic heterocycles. The van der Waals surface area contributed by atoms with Crippen LogP contribution in [0, 0.1) is 5.82 Å². The minimum Gasteiger partial charge on any atom is -0.491 e. The second kappa shape index (κ2) is 8.81. The molecule has 0 aliphatic carbocycles. The predicted molar refractivity (Wildman–Crippen MR) is 110 cm³/mol. The zero-order valence-corrected chi connectivity index (χ0v) is 17.2. The number of nitrogens with zero attached hydrogens (tertiary/aromatic N) is 5. The highest BCUT2D eigenvalue weighted by Gasteiger charge is 2.28. The number of benzene rings is 2. The van der Waals surface area contributed by atoms with Gasteiger partial charge < -0.3 is 14.7 Å². The minimum absolute atomic E-state index is 0.0350. The average molecular weight is 425 g/mol. The molecule has 1 aliphatic heterocycles. The number of aromatic nitrogens is 4. The van der Waals surface area contributed by atoms with Crippen LogP contribution in [0.4, 0.5) is 4.39 Å². The molecule has 1 unspecified atom stereocenters. The number of halogens is 1. The van der Waals surface area contributed by atoms with E-state index < -0.39 is 5.60 Å². The standard InChI is InChI=1S/C22H24FN5O3/c1-22(30,13-28-25-15-24-26-28)14-31-20-8-4-17(5-9-20)21(29)27-11-10-18(12-27)16-2-6-19(23)7-3-16/h2-9,15,18,30H,10-14H2,1H3/t18-,22?/m0/s1. The smallest absolute Gasteiger partial charge is 0.253 e. The number of aliphatic hydroxyl groups is 1. The van der Waals surface area contributed by atoms with Gasteiger partial charge in [0.2, 0.25) is 0 Å². The monoisotopic (exact) mass is 425 g/mol. The minimum atomic E-state index is -1.18. The SMILES string of the molecule is CC(O)(COc1ccc(C(=O)N2CC[C@H](c3ccc(F)cc3)C2)cc1)Cn1ncnn1. The fraction of sp³-hybridized carbons (Fsp3) is 0.364. The summed E-state index contributed by atoms with van der Waals surface area (Å²) in [4.78, 5) is 16.0. The van der Waals surface area contributed by atoms with E-state index in [1.807, 2.05) is 4.90 Å². The van der Waals surface area contributed by atoms with Crippen LogP contribution >= 0.6 is 0 Å². The summed E-state index contributed by atoms with van der Waals surface area (Å²) in [5, 5.41) is 21.6. The van der Waals surface area contributed by atoms with E-state index in [-0.39, 0.29) is 30.8 Å². The van der Waals surface area contributed by atoms with Crippen molar-refractivity contribution in [2.45, 2.75) is 31.4 Å². The summed E-state index contributed by atoms with van der Waals surface area (Å²) in [5.74, 6) is 0.469. The first kappa shape index (κ1) is 20.9. The number of carbonyl (C=O) groups excluding carboxylic acids is 1. The lowest BCUT2D eigenvalue weighted by Crippen LogP contribution is -2.38. The highest BCUT2D eigenvalue weighted by Crippen LogP contribution is 2.28. The lowest BCUT2D eigenvalue weighted by molar-refractivity contribution is -0.00909. The van der Waals surface area contributed by atoms with Crippen molar-refractivity contribution >= 4 is 5.91 Å². The van der Waals surface area contributed by atoms with Crippen LogP contribution in [0.2, 0.25) is 0 Å². The molecule has 2 aromatic carbocycles. The predicted octanol–water partition coefficient (Wildman–Crippen LogP) is 2.27. The molecule has 0 spiro atoms. The van der Waals surface area contributed by atoms with Gasteiger partial charge in [-0.05, 0) is 60.5 Å². The first-order valence-corrected chi connectivity index (χ1v) is 10.1. The van der Waals surface area contributed by atoms with Crippen LogP contribution in [0.3, 0.4) is 0 Å². The van der Waals surface area contributed by atoms with Gasteiger partial charge in [0.15, 0.2) is 6.33 Å². The van der Waals surface area contributed by atoms with Gasteiger partial charge >= 0.3 is 0 Å². The highest BCUT2D eigenvalue weighted by molar-refractivity contribution is 5.94. The Morgan fingerprint density at radius 1 is 1.23 bits per heavy atom. The van der Waals surface area contributed by atoms with E-state index in [0.29, 0.717) is 24.4 Å². The van der Waals surface area contributed by atoms with Crippen LogP contribution in [-0.4, -0.2) is 61.4 Å². The average Bonchev–Trinajstić information content (AvgIpc) is 3.45. The molecule has 1 saturated heterocycles. The summed E-state index contributed by atoms with van der Waals surface area (Å²) >= 11 is 0. The van der Waals surface area contributed by atoms with Gasteiger partial charge in [0.05, 0.1) is 6.54 Å². The van der Waals surface area contributed by atoms with Gasteiger partial charge in [0, 0.05) is 24.6 Å². The van der Waals surface area contributed by atoms with Crippen molar-refractivity contribution in [3.63, 3.8) is 0 Å². The van der Waals surface area contributed by atoms with Crippen molar-refractivity contribution in [3.05, 3.63) is 71.8 Å². The number of rotatable bonds is 7. The summed E-state index contributed by atoms with van der Waals surface area (Å²) in [6.45, 7) is 3.08. The van der Waals surface area contributed by atoms with E-state index in [2.05, 4.69) is 15.4 Å². The van der Waals surface area contributed by atoms with Crippen LogP contribution in [-0.2, 0) is 6.54 Å². The van der Waals surface area contributed by atoms with Gasteiger partial charge in [-0.1, -0.05) is 12.1 Å². The van der Waals surface area contributed by atoms with Gasteiger partial charge in [-0.3, -0.25) is 4.79 Å². The number of amides is 1. The van der Waals surface area contributed by atoms with Crippen molar-refractivity contribution in [3.8, 4) is 5.75 Å². The maximum atomic E-state index is 13.1. The van der Waals surface area contributed by atoms with E-state index in [1.165, 1.54) is 23.3 Å². The van der Waals surface area contributed by atoms with Gasteiger partial charge in [0.25, 0.3) is 5.91 Å². The number of carbonyl (C=O) groups is 1. The Bertz CT molecular complexity index is 1010. The van der Waals surface area contributed by atoms with Gasteiger partial charge in [-0.2, -0.15) is 4.80 Å². The highest BCUT2D eigenvalue weighted by atomic mass is 19.1. The fourth-order valence-corrected chi connectivity index (χ4v) is 3.68. The molecule has 1 fully saturated rings. The third kappa shape index (κ3) is 5.24. The molecular formula is C22H24FN5O3. The maximum Gasteiger partial charge on any atom is 0.253 e. The molecule has 0 saturated carbocycles. The molecule has 3 aromatic rings. The third-order valence-corrected chi connectivity index (χ3v) is 5.34. The Hall–Kier alpha value is -3.33. The normalized spacial score (nSPS) is 18.0. The van der Waals surface area contributed by atoms with Crippen LogP contribution in [0.15, 0.2) is 54.9 Å². The van der Waals surface area contributed by atoms with Crippen molar-refractivity contribution in [2.75, 3.05) is 19.7 Å². The Labute approximate surface area is 179 Å². The molecule has 1 N–H and O–H groups in total. The zero-order chi connectivity index (χ0) is 21.8. The van der Waals surface area contributed by atoms with E-state index in [4.69, 9.17) is 4.74 Å². The maximum absolute atomic E-state index is 13.1. The molecule has 1 amide bonds. The van der Waals surface area contributed by atoms with Gasteiger partial charge in [0.1, 0.15) is 23.8 Å². The van der Waals surface area contributed by atoms with Crippen molar-refractivity contribution in [1.29, 1.82) is 0 Å². The summed E-state index contributed by atoms with van der Waals surface area (Å²) in [7, 11) is 0. The van der Waals surface area contributed by atoms with Crippen molar-refractivity contribution < 1.29 is 19.0 Å². The molecule has 0 bridgehead atoms. The Morgan fingerprint density at radius 3 is 2.65 bits per heavy atom. The molecule has 2 atom stereocenters. The van der Waals surface area contributed by atoms with E-state index in [1.54, 1.807) is 43.3 Å². The number of hydrogen-bond acceptors (Lipinski definition) is 6. The van der Waals surface area contributed by atoms with E-state index >= 15 is 0 Å². The summed E-state index contributed by atoms with van der Waals surface area (Å²) in [6.07, 6.45) is 2.16. The van der Waals surface area contributed by atoms with Crippen LogP contribution in [0.25, 0.3) is 0 Å². The fourth-order valence-electron chi connectivity index (χ4n) is 3.68.